The Hall–Kier alpha value is -1.64. The van der Waals surface area contributed by atoms with Crippen LogP contribution in [0.25, 0.3) is 21.2 Å². The Balaban J connectivity index is 2.23. The second-order valence-electron chi connectivity index (χ2n) is 4.33. The molecule has 18 heavy (non-hydrogen) atoms. The number of fused-ring (bicyclic) bond motifs is 1. The van der Waals surface area contributed by atoms with Crippen molar-refractivity contribution in [3.05, 3.63) is 59.5 Å². The number of thiophene rings is 1. The van der Waals surface area contributed by atoms with Gasteiger partial charge in [0.25, 0.3) is 0 Å². The molecule has 2 heteroatoms. The van der Waals surface area contributed by atoms with Gasteiger partial charge in [-0.3, -0.25) is 0 Å². The maximum Gasteiger partial charge on any atom is 0.0421 e. The lowest BCUT2D eigenvalue weighted by Gasteiger charge is -2.10. The summed E-state index contributed by atoms with van der Waals surface area (Å²) in [6.45, 7) is 0.901. The predicted molar refractivity (Wildman–Crippen MR) is 80.0 cm³/mol. The van der Waals surface area contributed by atoms with Gasteiger partial charge in [-0.2, -0.15) is 0 Å². The average Bonchev–Trinajstić information content (AvgIpc) is 2.88. The van der Waals surface area contributed by atoms with E-state index in [0.29, 0.717) is 0 Å². The van der Waals surface area contributed by atoms with Crippen molar-refractivity contribution in [1.82, 2.24) is 5.32 Å². The van der Waals surface area contributed by atoms with Gasteiger partial charge >= 0.3 is 0 Å². The van der Waals surface area contributed by atoms with Crippen molar-refractivity contribution in [2.45, 2.75) is 6.54 Å². The molecule has 90 valence electrons. The maximum atomic E-state index is 3.24. The number of nitrogens with one attached hydrogen (secondary N) is 1. The van der Waals surface area contributed by atoms with Crippen LogP contribution >= 0.6 is 11.3 Å². The molecule has 0 atom stereocenters. The summed E-state index contributed by atoms with van der Waals surface area (Å²) < 4.78 is 1.38. The van der Waals surface area contributed by atoms with Crippen LogP contribution < -0.4 is 5.32 Å². The maximum absolute atomic E-state index is 3.24. The molecule has 0 radical (unpaired) electrons. The highest BCUT2D eigenvalue weighted by molar-refractivity contribution is 7.17. The van der Waals surface area contributed by atoms with Crippen molar-refractivity contribution < 1.29 is 0 Å². The SMILES string of the molecule is CNCc1ccccc1-c1cccc2ccsc12. The molecule has 3 aromatic rings. The van der Waals surface area contributed by atoms with E-state index in [9.17, 15) is 0 Å². The van der Waals surface area contributed by atoms with E-state index in [-0.39, 0.29) is 0 Å². The molecule has 0 aliphatic heterocycles. The van der Waals surface area contributed by atoms with Crippen molar-refractivity contribution in [2.24, 2.45) is 0 Å². The second kappa shape index (κ2) is 4.92. The molecular formula is C16H15NS. The van der Waals surface area contributed by atoms with E-state index < -0.39 is 0 Å². The van der Waals surface area contributed by atoms with Crippen LogP contribution in [-0.2, 0) is 6.54 Å². The Morgan fingerprint density at radius 3 is 2.67 bits per heavy atom. The van der Waals surface area contributed by atoms with E-state index in [1.807, 2.05) is 18.4 Å². The molecule has 3 rings (SSSR count). The molecule has 1 N–H and O–H groups in total. The van der Waals surface area contributed by atoms with Gasteiger partial charge in [-0.1, -0.05) is 42.5 Å². The van der Waals surface area contributed by atoms with Crippen molar-refractivity contribution in [3.8, 4) is 11.1 Å². The summed E-state index contributed by atoms with van der Waals surface area (Å²) in [6, 6.07) is 17.3. The lowest BCUT2D eigenvalue weighted by molar-refractivity contribution is 0.819. The summed E-state index contributed by atoms with van der Waals surface area (Å²) in [6.07, 6.45) is 0. The Morgan fingerprint density at radius 1 is 0.944 bits per heavy atom. The first-order valence-electron chi connectivity index (χ1n) is 6.09. The fourth-order valence-electron chi connectivity index (χ4n) is 2.33. The first kappa shape index (κ1) is 11.5. The minimum absolute atomic E-state index is 0.901. The zero-order chi connectivity index (χ0) is 12.4. The standard InChI is InChI=1S/C16H15NS/c1-17-11-13-5-2-3-7-14(13)15-8-4-6-12-9-10-18-16(12)15/h2-10,17H,11H2,1H3. The third-order valence-electron chi connectivity index (χ3n) is 3.15. The topological polar surface area (TPSA) is 12.0 Å². The first-order chi connectivity index (χ1) is 8.90. The summed E-state index contributed by atoms with van der Waals surface area (Å²) in [5.41, 5.74) is 4.02. The predicted octanol–water partition coefficient (Wildman–Crippen LogP) is 4.29. The highest BCUT2D eigenvalue weighted by Gasteiger charge is 2.08. The van der Waals surface area contributed by atoms with E-state index in [4.69, 9.17) is 0 Å². The summed E-state index contributed by atoms with van der Waals surface area (Å²) in [7, 11) is 1.99. The van der Waals surface area contributed by atoms with Crippen LogP contribution in [0.4, 0.5) is 0 Å². The van der Waals surface area contributed by atoms with Crippen LogP contribution in [0, 0.1) is 0 Å². The largest absolute Gasteiger partial charge is 0.316 e. The monoisotopic (exact) mass is 253 g/mol. The second-order valence-corrected chi connectivity index (χ2v) is 5.25. The molecule has 1 nitrogen and oxygen atoms in total. The number of benzene rings is 2. The molecule has 1 heterocycles. The third kappa shape index (κ3) is 1.94. The van der Waals surface area contributed by atoms with E-state index in [1.165, 1.54) is 26.8 Å². The molecule has 0 saturated heterocycles. The van der Waals surface area contributed by atoms with Gasteiger partial charge < -0.3 is 5.32 Å². The van der Waals surface area contributed by atoms with Crippen molar-refractivity contribution in [1.29, 1.82) is 0 Å². The molecule has 0 aliphatic rings. The molecule has 0 bridgehead atoms. The van der Waals surface area contributed by atoms with E-state index in [2.05, 4.69) is 59.2 Å². The molecule has 0 saturated carbocycles. The average molecular weight is 253 g/mol. The third-order valence-corrected chi connectivity index (χ3v) is 4.12. The minimum Gasteiger partial charge on any atom is -0.316 e. The van der Waals surface area contributed by atoms with E-state index in [1.54, 1.807) is 0 Å². The molecule has 0 spiro atoms. The number of rotatable bonds is 3. The fourth-order valence-corrected chi connectivity index (χ4v) is 3.26. The molecular weight excluding hydrogens is 238 g/mol. The minimum atomic E-state index is 0.901. The molecule has 1 aromatic heterocycles. The quantitative estimate of drug-likeness (QED) is 0.734. The Morgan fingerprint density at radius 2 is 1.78 bits per heavy atom. The summed E-state index contributed by atoms with van der Waals surface area (Å²) in [4.78, 5) is 0. The first-order valence-corrected chi connectivity index (χ1v) is 6.97. The van der Waals surface area contributed by atoms with Gasteiger partial charge in [0.15, 0.2) is 0 Å². The van der Waals surface area contributed by atoms with E-state index in [0.717, 1.165) is 6.54 Å². The van der Waals surface area contributed by atoms with Crippen LogP contribution in [-0.4, -0.2) is 7.05 Å². The smallest absolute Gasteiger partial charge is 0.0421 e. The zero-order valence-corrected chi connectivity index (χ0v) is 11.1. The van der Waals surface area contributed by atoms with Crippen LogP contribution in [0.5, 0.6) is 0 Å². The van der Waals surface area contributed by atoms with Crippen molar-refractivity contribution >= 4 is 21.4 Å². The van der Waals surface area contributed by atoms with Gasteiger partial charge in [-0.25, -0.2) is 0 Å². The Labute approximate surface area is 111 Å². The van der Waals surface area contributed by atoms with Crippen molar-refractivity contribution in [2.75, 3.05) is 7.05 Å². The molecule has 0 fully saturated rings. The number of hydrogen-bond donors (Lipinski definition) is 1. The molecule has 2 aromatic carbocycles. The summed E-state index contributed by atoms with van der Waals surface area (Å²) in [5, 5.41) is 6.73. The van der Waals surface area contributed by atoms with E-state index >= 15 is 0 Å². The van der Waals surface area contributed by atoms with Gasteiger partial charge in [0.1, 0.15) is 0 Å². The van der Waals surface area contributed by atoms with Crippen LogP contribution in [0.2, 0.25) is 0 Å². The molecule has 0 aliphatic carbocycles. The molecule has 0 amide bonds. The van der Waals surface area contributed by atoms with Gasteiger partial charge in [0.2, 0.25) is 0 Å². The normalized spacial score (nSPS) is 10.9. The van der Waals surface area contributed by atoms with Gasteiger partial charge in [0.05, 0.1) is 0 Å². The highest BCUT2D eigenvalue weighted by Crippen LogP contribution is 2.34. The van der Waals surface area contributed by atoms with Gasteiger partial charge in [-0.05, 0) is 40.6 Å². The van der Waals surface area contributed by atoms with Crippen LogP contribution in [0.15, 0.2) is 53.9 Å². The van der Waals surface area contributed by atoms with Crippen LogP contribution in [0.3, 0.4) is 0 Å². The summed E-state index contributed by atoms with van der Waals surface area (Å²) >= 11 is 1.82. The zero-order valence-electron chi connectivity index (χ0n) is 10.3. The van der Waals surface area contributed by atoms with Crippen LogP contribution in [0.1, 0.15) is 5.56 Å². The lowest BCUT2D eigenvalue weighted by Crippen LogP contribution is -2.06. The summed E-state index contributed by atoms with van der Waals surface area (Å²) in [5.74, 6) is 0. The highest BCUT2D eigenvalue weighted by atomic mass is 32.1. The Kier molecular flexibility index (Phi) is 3.13. The number of hydrogen-bond acceptors (Lipinski definition) is 2. The Bertz CT molecular complexity index is 669. The fraction of sp³-hybridized carbons (Fsp3) is 0.125. The lowest BCUT2D eigenvalue weighted by atomic mass is 9.99. The molecule has 0 unspecified atom stereocenters. The van der Waals surface area contributed by atoms with Gasteiger partial charge in [0, 0.05) is 11.2 Å². The van der Waals surface area contributed by atoms with Crippen molar-refractivity contribution in [3.63, 3.8) is 0 Å². The van der Waals surface area contributed by atoms with Gasteiger partial charge in [-0.15, -0.1) is 11.3 Å².